The summed E-state index contributed by atoms with van der Waals surface area (Å²) in [4.78, 5) is 0. The number of rotatable bonds is 4. The van der Waals surface area contributed by atoms with Gasteiger partial charge in [0.05, 0.1) is 29.0 Å². The van der Waals surface area contributed by atoms with Crippen molar-refractivity contribution < 1.29 is 4.74 Å². The molecule has 3 N–H and O–H groups in total. The monoisotopic (exact) mass is 336 g/mol. The Morgan fingerprint density at radius 2 is 2.40 bits per heavy atom. The third-order valence-electron chi connectivity index (χ3n) is 3.62. The molecule has 1 unspecified atom stereocenters. The van der Waals surface area contributed by atoms with Crippen LogP contribution >= 0.6 is 15.9 Å². The van der Waals surface area contributed by atoms with Crippen LogP contribution in [0.2, 0.25) is 0 Å². The van der Waals surface area contributed by atoms with E-state index in [0.29, 0.717) is 0 Å². The first kappa shape index (κ1) is 13.6. The van der Waals surface area contributed by atoms with Gasteiger partial charge in [0.25, 0.3) is 0 Å². The summed E-state index contributed by atoms with van der Waals surface area (Å²) < 4.78 is 8.45. The fourth-order valence-electron chi connectivity index (χ4n) is 2.63. The molecule has 20 heavy (non-hydrogen) atoms. The van der Waals surface area contributed by atoms with Crippen LogP contribution in [0.5, 0.6) is 5.75 Å². The molecule has 3 rings (SSSR count). The maximum Gasteiger partial charge on any atom is 0.122 e. The molecule has 0 spiro atoms. The Kier molecular flexibility index (Phi) is 3.78. The molecule has 0 saturated carbocycles. The lowest BCUT2D eigenvalue weighted by Gasteiger charge is -2.19. The first-order valence-electron chi connectivity index (χ1n) is 6.67. The van der Waals surface area contributed by atoms with Gasteiger partial charge < -0.3 is 4.74 Å². The fourth-order valence-corrected chi connectivity index (χ4v) is 3.16. The third kappa shape index (κ3) is 2.24. The summed E-state index contributed by atoms with van der Waals surface area (Å²) in [5.41, 5.74) is 6.29. The minimum atomic E-state index is -0.0993. The van der Waals surface area contributed by atoms with Gasteiger partial charge in [-0.05, 0) is 46.1 Å². The molecule has 5 nitrogen and oxygen atoms in total. The van der Waals surface area contributed by atoms with Crippen molar-refractivity contribution in [1.29, 1.82) is 0 Å². The Hall–Kier alpha value is -1.37. The molecule has 0 amide bonds. The van der Waals surface area contributed by atoms with E-state index in [1.165, 1.54) is 5.56 Å². The van der Waals surface area contributed by atoms with Gasteiger partial charge in [0.1, 0.15) is 5.75 Å². The highest BCUT2D eigenvalue weighted by molar-refractivity contribution is 9.10. The number of halogens is 1. The molecule has 0 fully saturated rings. The van der Waals surface area contributed by atoms with E-state index in [0.717, 1.165) is 41.1 Å². The molecular formula is C14H17BrN4O. The summed E-state index contributed by atoms with van der Waals surface area (Å²) in [5.74, 6) is 6.77. The average Bonchev–Trinajstić information content (AvgIpc) is 3.07. The van der Waals surface area contributed by atoms with Gasteiger partial charge in [-0.1, -0.05) is 6.07 Å². The van der Waals surface area contributed by atoms with Crippen LogP contribution in [0.15, 0.2) is 28.9 Å². The lowest BCUT2D eigenvalue weighted by atomic mass is 10.0. The highest BCUT2D eigenvalue weighted by Gasteiger charge is 2.22. The first-order valence-corrected chi connectivity index (χ1v) is 7.46. The molecule has 0 radical (unpaired) electrons. The number of benzene rings is 1. The molecule has 6 heteroatoms. The second-order valence-electron chi connectivity index (χ2n) is 4.76. The molecule has 0 aliphatic carbocycles. The van der Waals surface area contributed by atoms with Crippen molar-refractivity contribution >= 4 is 15.9 Å². The Morgan fingerprint density at radius 1 is 1.55 bits per heavy atom. The zero-order valence-corrected chi connectivity index (χ0v) is 12.9. The van der Waals surface area contributed by atoms with Crippen molar-refractivity contribution in [3.8, 4) is 5.75 Å². The van der Waals surface area contributed by atoms with Gasteiger partial charge in [0, 0.05) is 13.0 Å². The van der Waals surface area contributed by atoms with Crippen molar-refractivity contribution in [1.82, 2.24) is 15.2 Å². The normalized spacial score (nSPS) is 14.9. The molecular weight excluding hydrogens is 320 g/mol. The highest BCUT2D eigenvalue weighted by Crippen LogP contribution is 2.32. The number of aryl methyl sites for hydroxylation is 1. The number of nitrogens with two attached hydrogens (primary N) is 1. The zero-order chi connectivity index (χ0) is 14.1. The van der Waals surface area contributed by atoms with E-state index in [1.54, 1.807) is 6.20 Å². The fraction of sp³-hybridized carbons (Fsp3) is 0.357. The molecule has 0 saturated heterocycles. The minimum Gasteiger partial charge on any atom is -0.493 e. The van der Waals surface area contributed by atoms with Gasteiger partial charge in [0.15, 0.2) is 0 Å². The van der Waals surface area contributed by atoms with Crippen LogP contribution in [0.1, 0.15) is 29.8 Å². The SMILES string of the molecule is CCn1ncc(Br)c1C(NN)c1ccc2c(c1)CCO2. The second-order valence-corrected chi connectivity index (χ2v) is 5.61. The molecule has 106 valence electrons. The predicted octanol–water partition coefficient (Wildman–Crippen LogP) is 2.15. The van der Waals surface area contributed by atoms with Crippen molar-refractivity contribution in [3.05, 3.63) is 45.7 Å². The summed E-state index contributed by atoms with van der Waals surface area (Å²) in [6.07, 6.45) is 2.76. The van der Waals surface area contributed by atoms with Crippen molar-refractivity contribution in [2.24, 2.45) is 5.84 Å². The molecule has 1 aromatic heterocycles. The maximum atomic E-state index is 5.79. The Bertz CT molecular complexity index is 626. The van der Waals surface area contributed by atoms with Crippen LogP contribution in [0.4, 0.5) is 0 Å². The largest absolute Gasteiger partial charge is 0.493 e. The van der Waals surface area contributed by atoms with Gasteiger partial charge in [-0.2, -0.15) is 5.10 Å². The van der Waals surface area contributed by atoms with Crippen LogP contribution in [0, 0.1) is 0 Å². The predicted molar refractivity (Wildman–Crippen MR) is 80.4 cm³/mol. The average molecular weight is 337 g/mol. The molecule has 2 aromatic rings. The van der Waals surface area contributed by atoms with E-state index in [2.05, 4.69) is 39.4 Å². The number of hydrogen-bond donors (Lipinski definition) is 2. The lowest BCUT2D eigenvalue weighted by Crippen LogP contribution is -2.31. The van der Waals surface area contributed by atoms with Gasteiger partial charge in [-0.25, -0.2) is 5.43 Å². The van der Waals surface area contributed by atoms with Gasteiger partial charge in [-0.15, -0.1) is 0 Å². The Labute approximate surface area is 126 Å². The van der Waals surface area contributed by atoms with Crippen molar-refractivity contribution in [2.75, 3.05) is 6.61 Å². The van der Waals surface area contributed by atoms with Crippen molar-refractivity contribution in [3.63, 3.8) is 0 Å². The minimum absolute atomic E-state index is 0.0993. The molecule has 2 heterocycles. The highest BCUT2D eigenvalue weighted by atomic mass is 79.9. The molecule has 1 aliphatic rings. The summed E-state index contributed by atoms with van der Waals surface area (Å²) in [6, 6.07) is 6.13. The lowest BCUT2D eigenvalue weighted by molar-refractivity contribution is 0.356. The smallest absolute Gasteiger partial charge is 0.122 e. The number of nitrogens with one attached hydrogen (secondary N) is 1. The molecule has 1 aromatic carbocycles. The Morgan fingerprint density at radius 3 is 3.15 bits per heavy atom. The number of ether oxygens (including phenoxy) is 1. The van der Waals surface area contributed by atoms with E-state index in [9.17, 15) is 0 Å². The summed E-state index contributed by atoms with van der Waals surface area (Å²) in [6.45, 7) is 3.62. The zero-order valence-electron chi connectivity index (χ0n) is 11.3. The third-order valence-corrected chi connectivity index (χ3v) is 4.23. The number of nitrogens with zero attached hydrogens (tertiary/aromatic N) is 2. The first-order chi connectivity index (χ1) is 9.74. The van der Waals surface area contributed by atoms with E-state index in [1.807, 2.05) is 16.8 Å². The van der Waals surface area contributed by atoms with Crippen LogP contribution in [-0.2, 0) is 13.0 Å². The van der Waals surface area contributed by atoms with Crippen molar-refractivity contribution in [2.45, 2.75) is 25.9 Å². The van der Waals surface area contributed by atoms with E-state index >= 15 is 0 Å². The number of aromatic nitrogens is 2. The van der Waals surface area contributed by atoms with Crippen LogP contribution < -0.4 is 16.0 Å². The summed E-state index contributed by atoms with van der Waals surface area (Å²) in [5, 5.41) is 4.35. The maximum absolute atomic E-state index is 5.79. The van der Waals surface area contributed by atoms with Crippen LogP contribution in [-0.4, -0.2) is 16.4 Å². The number of hydrogen-bond acceptors (Lipinski definition) is 4. The van der Waals surface area contributed by atoms with Gasteiger partial charge >= 0.3 is 0 Å². The summed E-state index contributed by atoms with van der Waals surface area (Å²) in [7, 11) is 0. The van der Waals surface area contributed by atoms with Crippen LogP contribution in [0.3, 0.4) is 0 Å². The topological polar surface area (TPSA) is 65.1 Å². The van der Waals surface area contributed by atoms with Gasteiger partial charge in [0.2, 0.25) is 0 Å². The second kappa shape index (κ2) is 5.55. The molecule has 1 atom stereocenters. The van der Waals surface area contributed by atoms with E-state index in [-0.39, 0.29) is 6.04 Å². The molecule has 1 aliphatic heterocycles. The van der Waals surface area contributed by atoms with Gasteiger partial charge in [-0.3, -0.25) is 10.5 Å². The Balaban J connectivity index is 2.03. The standard InChI is InChI=1S/C14H17BrN4O/c1-2-19-14(11(15)8-17-19)13(18-16)10-3-4-12-9(7-10)5-6-20-12/h3-4,7-8,13,18H,2,5-6,16H2,1H3. The van der Waals surface area contributed by atoms with E-state index in [4.69, 9.17) is 10.6 Å². The quantitative estimate of drug-likeness (QED) is 0.663. The van der Waals surface area contributed by atoms with E-state index < -0.39 is 0 Å². The van der Waals surface area contributed by atoms with Crippen LogP contribution in [0.25, 0.3) is 0 Å². The molecule has 0 bridgehead atoms. The number of fused-ring (bicyclic) bond motifs is 1. The number of hydrazine groups is 1. The summed E-state index contributed by atoms with van der Waals surface area (Å²) >= 11 is 3.56.